The summed E-state index contributed by atoms with van der Waals surface area (Å²) in [7, 11) is 0. The highest BCUT2D eigenvalue weighted by molar-refractivity contribution is 5.06. The number of nitrogens with one attached hydrogen (secondary N) is 1. The van der Waals surface area contributed by atoms with Crippen molar-refractivity contribution in [1.29, 1.82) is 0 Å². The lowest BCUT2D eigenvalue weighted by atomic mass is 9.86. The van der Waals surface area contributed by atoms with E-state index >= 15 is 0 Å². The molecule has 0 spiro atoms. The first kappa shape index (κ1) is 11.7. The molecule has 2 rings (SSSR count). The Morgan fingerprint density at radius 1 is 1.56 bits per heavy atom. The van der Waals surface area contributed by atoms with Gasteiger partial charge in [0.25, 0.3) is 0 Å². The fourth-order valence-electron chi connectivity index (χ4n) is 2.57. The summed E-state index contributed by atoms with van der Waals surface area (Å²) >= 11 is 0. The zero-order valence-corrected chi connectivity index (χ0v) is 10.1. The topological polar surface area (TPSA) is 45.4 Å². The van der Waals surface area contributed by atoms with Gasteiger partial charge in [-0.15, -0.1) is 0 Å². The number of rotatable bonds is 4. The first-order chi connectivity index (χ1) is 7.64. The molecule has 2 unspecified atom stereocenters. The van der Waals surface area contributed by atoms with Crippen molar-refractivity contribution < 1.29 is 9.52 Å². The summed E-state index contributed by atoms with van der Waals surface area (Å²) in [5.74, 6) is 1.93. The van der Waals surface area contributed by atoms with Crippen LogP contribution < -0.4 is 5.32 Å². The van der Waals surface area contributed by atoms with E-state index in [2.05, 4.69) is 12.2 Å². The number of aliphatic hydroxyl groups is 1. The Kier molecular flexibility index (Phi) is 3.36. The van der Waals surface area contributed by atoms with Crippen LogP contribution in [-0.4, -0.2) is 17.8 Å². The van der Waals surface area contributed by atoms with Crippen LogP contribution in [0.2, 0.25) is 0 Å². The lowest BCUT2D eigenvalue weighted by Crippen LogP contribution is -2.41. The molecular weight excluding hydrogens is 202 g/mol. The Bertz CT molecular complexity index is 347. The lowest BCUT2D eigenvalue weighted by molar-refractivity contribution is 0.117. The second-order valence-electron chi connectivity index (χ2n) is 5.15. The maximum atomic E-state index is 9.43. The van der Waals surface area contributed by atoms with E-state index < -0.39 is 0 Å². The lowest BCUT2D eigenvalue weighted by Gasteiger charge is -2.30. The van der Waals surface area contributed by atoms with E-state index in [-0.39, 0.29) is 12.0 Å². The van der Waals surface area contributed by atoms with Crippen molar-refractivity contribution in [3.05, 3.63) is 23.7 Å². The quantitative estimate of drug-likeness (QED) is 0.822. The number of furan rings is 1. The Morgan fingerprint density at radius 3 is 3.00 bits per heavy atom. The zero-order valence-electron chi connectivity index (χ0n) is 10.1. The van der Waals surface area contributed by atoms with E-state index in [9.17, 15) is 5.11 Å². The number of aliphatic hydroxyl groups excluding tert-OH is 1. The van der Waals surface area contributed by atoms with Crippen LogP contribution in [0, 0.1) is 12.3 Å². The van der Waals surface area contributed by atoms with Crippen molar-refractivity contribution in [2.24, 2.45) is 5.41 Å². The van der Waals surface area contributed by atoms with E-state index in [4.69, 9.17) is 4.42 Å². The van der Waals surface area contributed by atoms with E-state index in [0.29, 0.717) is 6.04 Å². The normalized spacial score (nSPS) is 29.8. The van der Waals surface area contributed by atoms with Crippen molar-refractivity contribution in [3.8, 4) is 0 Å². The first-order valence-electron chi connectivity index (χ1n) is 6.03. The molecule has 0 bridgehead atoms. The van der Waals surface area contributed by atoms with Crippen molar-refractivity contribution >= 4 is 0 Å². The molecule has 2 N–H and O–H groups in total. The van der Waals surface area contributed by atoms with Gasteiger partial charge in [0.05, 0.1) is 6.54 Å². The standard InChI is InChI=1S/C13H21NO2/c1-10-5-6-11(16-10)8-14-12-4-3-7-13(12,2)9-15/h5-6,12,14-15H,3-4,7-9H2,1-2H3. The Morgan fingerprint density at radius 2 is 2.38 bits per heavy atom. The summed E-state index contributed by atoms with van der Waals surface area (Å²) in [5.41, 5.74) is 0.0433. The summed E-state index contributed by atoms with van der Waals surface area (Å²) in [6.07, 6.45) is 3.46. The molecule has 1 heterocycles. The molecule has 0 radical (unpaired) electrons. The third-order valence-corrected chi connectivity index (χ3v) is 3.76. The first-order valence-corrected chi connectivity index (χ1v) is 6.03. The third kappa shape index (κ3) is 2.30. The second kappa shape index (κ2) is 4.60. The zero-order chi connectivity index (χ0) is 11.6. The number of aryl methyl sites for hydroxylation is 1. The van der Waals surface area contributed by atoms with Gasteiger partial charge in [-0.25, -0.2) is 0 Å². The van der Waals surface area contributed by atoms with Crippen molar-refractivity contribution in [1.82, 2.24) is 5.32 Å². The Hall–Kier alpha value is -0.800. The Balaban J connectivity index is 1.90. The predicted octanol–water partition coefficient (Wildman–Crippen LogP) is 2.23. The maximum absolute atomic E-state index is 9.43. The van der Waals surface area contributed by atoms with Crippen molar-refractivity contribution in [2.75, 3.05) is 6.61 Å². The van der Waals surface area contributed by atoms with Crippen LogP contribution in [0.3, 0.4) is 0 Å². The van der Waals surface area contributed by atoms with Gasteiger partial charge in [-0.05, 0) is 31.9 Å². The van der Waals surface area contributed by atoms with Gasteiger partial charge in [0.1, 0.15) is 11.5 Å². The monoisotopic (exact) mass is 223 g/mol. The van der Waals surface area contributed by atoms with E-state index in [1.807, 2.05) is 19.1 Å². The minimum absolute atomic E-state index is 0.0433. The van der Waals surface area contributed by atoms with Crippen LogP contribution in [0.15, 0.2) is 16.5 Å². The molecule has 0 aromatic carbocycles. The third-order valence-electron chi connectivity index (χ3n) is 3.76. The van der Waals surface area contributed by atoms with Gasteiger partial charge in [0, 0.05) is 18.1 Å². The molecule has 3 heteroatoms. The minimum atomic E-state index is 0.0433. The molecule has 1 aromatic heterocycles. The summed E-state index contributed by atoms with van der Waals surface area (Å²) in [5, 5.41) is 12.9. The SMILES string of the molecule is Cc1ccc(CNC2CCCC2(C)CO)o1. The average molecular weight is 223 g/mol. The number of hydrogen-bond acceptors (Lipinski definition) is 3. The molecule has 0 aliphatic heterocycles. The van der Waals surface area contributed by atoms with E-state index in [0.717, 1.165) is 30.9 Å². The molecule has 0 saturated heterocycles. The van der Waals surface area contributed by atoms with Crippen LogP contribution in [0.1, 0.15) is 37.7 Å². The van der Waals surface area contributed by atoms with Gasteiger partial charge in [0.2, 0.25) is 0 Å². The van der Waals surface area contributed by atoms with Gasteiger partial charge >= 0.3 is 0 Å². The molecule has 2 atom stereocenters. The number of hydrogen-bond donors (Lipinski definition) is 2. The van der Waals surface area contributed by atoms with Crippen LogP contribution in [0.5, 0.6) is 0 Å². The largest absolute Gasteiger partial charge is 0.465 e. The minimum Gasteiger partial charge on any atom is -0.465 e. The second-order valence-corrected chi connectivity index (χ2v) is 5.15. The Labute approximate surface area is 96.8 Å². The molecule has 16 heavy (non-hydrogen) atoms. The van der Waals surface area contributed by atoms with E-state index in [1.54, 1.807) is 0 Å². The molecular formula is C13H21NO2. The molecule has 90 valence electrons. The predicted molar refractivity (Wildman–Crippen MR) is 63.1 cm³/mol. The van der Waals surface area contributed by atoms with Gasteiger partial charge in [0.15, 0.2) is 0 Å². The highest BCUT2D eigenvalue weighted by atomic mass is 16.3. The van der Waals surface area contributed by atoms with Crippen LogP contribution in [0.4, 0.5) is 0 Å². The molecule has 0 amide bonds. The summed E-state index contributed by atoms with van der Waals surface area (Å²) in [6.45, 7) is 5.14. The van der Waals surface area contributed by atoms with Crippen LogP contribution in [0.25, 0.3) is 0 Å². The maximum Gasteiger partial charge on any atom is 0.117 e. The average Bonchev–Trinajstić information content (AvgIpc) is 2.83. The summed E-state index contributed by atoms with van der Waals surface area (Å²) in [6, 6.07) is 4.40. The van der Waals surface area contributed by atoms with E-state index in [1.165, 1.54) is 6.42 Å². The van der Waals surface area contributed by atoms with Gasteiger partial charge in [-0.3, -0.25) is 0 Å². The van der Waals surface area contributed by atoms with Crippen LogP contribution in [-0.2, 0) is 6.54 Å². The molecule has 1 aromatic rings. The highest BCUT2D eigenvalue weighted by Crippen LogP contribution is 2.37. The molecule has 1 aliphatic carbocycles. The molecule has 1 fully saturated rings. The summed E-state index contributed by atoms with van der Waals surface area (Å²) < 4.78 is 5.52. The fourth-order valence-corrected chi connectivity index (χ4v) is 2.57. The van der Waals surface area contributed by atoms with Crippen LogP contribution >= 0.6 is 0 Å². The molecule has 1 aliphatic rings. The molecule has 1 saturated carbocycles. The fraction of sp³-hybridized carbons (Fsp3) is 0.692. The molecule has 3 nitrogen and oxygen atoms in total. The van der Waals surface area contributed by atoms with Gasteiger partial charge in [-0.2, -0.15) is 0 Å². The van der Waals surface area contributed by atoms with Crippen molar-refractivity contribution in [3.63, 3.8) is 0 Å². The smallest absolute Gasteiger partial charge is 0.117 e. The van der Waals surface area contributed by atoms with Gasteiger partial charge in [-0.1, -0.05) is 13.3 Å². The van der Waals surface area contributed by atoms with Crippen molar-refractivity contribution in [2.45, 2.75) is 45.7 Å². The summed E-state index contributed by atoms with van der Waals surface area (Å²) in [4.78, 5) is 0. The van der Waals surface area contributed by atoms with Gasteiger partial charge < -0.3 is 14.8 Å². The highest BCUT2D eigenvalue weighted by Gasteiger charge is 2.37.